The number of anilines is 2. The number of likely N-dealkylation sites (tertiary alicyclic amines) is 1. The van der Waals surface area contributed by atoms with Crippen LogP contribution in [-0.2, 0) is 9.59 Å². The number of aromatic amines is 1. The Balaban J connectivity index is 0.715. The van der Waals surface area contributed by atoms with Crippen LogP contribution >= 0.6 is 0 Å². The zero-order chi connectivity index (χ0) is 39.2. The molecular weight excluding hydrogens is 729 g/mol. The molecule has 1 atom stereocenters. The van der Waals surface area contributed by atoms with E-state index in [1.165, 1.54) is 18.9 Å². The predicted molar refractivity (Wildman–Crippen MR) is 212 cm³/mol. The van der Waals surface area contributed by atoms with Crippen molar-refractivity contribution in [3.05, 3.63) is 76.0 Å². The fraction of sp³-hybridized carbons (Fsp3) is 0.463. The van der Waals surface area contributed by atoms with Crippen molar-refractivity contribution in [1.29, 1.82) is 0 Å². The number of aromatic nitrogens is 3. The van der Waals surface area contributed by atoms with Gasteiger partial charge in [0.15, 0.2) is 0 Å². The smallest absolute Gasteiger partial charge is 0.270 e. The maximum atomic E-state index is 13.3. The van der Waals surface area contributed by atoms with Crippen LogP contribution in [-0.4, -0.2) is 130 Å². The van der Waals surface area contributed by atoms with Gasteiger partial charge in [0.25, 0.3) is 17.5 Å². The van der Waals surface area contributed by atoms with Gasteiger partial charge >= 0.3 is 0 Å². The Morgan fingerprint density at radius 2 is 1.44 bits per heavy atom. The van der Waals surface area contributed by atoms with Gasteiger partial charge in [0.2, 0.25) is 11.8 Å². The summed E-state index contributed by atoms with van der Waals surface area (Å²) in [6.07, 6.45) is 6.57. The van der Waals surface area contributed by atoms with Crippen molar-refractivity contribution in [2.24, 2.45) is 11.8 Å². The minimum Gasteiger partial charge on any atom is -0.371 e. The highest BCUT2D eigenvalue weighted by molar-refractivity contribution is 6.23. The summed E-state index contributed by atoms with van der Waals surface area (Å²) in [5.41, 5.74) is 3.92. The molecule has 0 aliphatic carbocycles. The number of non-ortho nitro benzene ring substituents is 1. The van der Waals surface area contributed by atoms with Crippen LogP contribution in [0.25, 0.3) is 22.2 Å². The van der Waals surface area contributed by atoms with E-state index in [2.05, 4.69) is 40.1 Å². The highest BCUT2D eigenvalue weighted by atomic mass is 16.6. The second kappa shape index (κ2) is 15.3. The molecule has 0 radical (unpaired) electrons. The summed E-state index contributed by atoms with van der Waals surface area (Å²) < 4.78 is 0. The van der Waals surface area contributed by atoms with Crippen LogP contribution in [0, 0.1) is 22.0 Å². The quantitative estimate of drug-likeness (QED) is 0.143. The number of fused-ring (bicyclic) bond motifs is 2. The van der Waals surface area contributed by atoms with Crippen LogP contribution < -0.4 is 15.1 Å². The lowest BCUT2D eigenvalue weighted by Gasteiger charge is -2.41. The van der Waals surface area contributed by atoms with Crippen LogP contribution in [0.2, 0.25) is 0 Å². The largest absolute Gasteiger partial charge is 0.371 e. The van der Waals surface area contributed by atoms with E-state index in [1.807, 2.05) is 18.2 Å². The Labute approximate surface area is 329 Å². The second-order valence-corrected chi connectivity index (χ2v) is 16.1. The summed E-state index contributed by atoms with van der Waals surface area (Å²) in [5.74, 6) is 0.273. The molecule has 5 aliphatic heterocycles. The first-order valence-electron chi connectivity index (χ1n) is 20.1. The number of imide groups is 2. The molecule has 57 heavy (non-hydrogen) atoms. The fourth-order valence-corrected chi connectivity index (χ4v) is 9.35. The number of piperidine rings is 3. The third kappa shape index (κ3) is 7.34. The standard InChI is InChI=1S/C41H46N10O6/c52-37-6-5-35(39(53)43-37)50-40(54)31-3-1-29(22-32(31)41(50)55)48-15-10-27(11-16-48)24-46-13-8-26(9-14-46)25-47-17-19-49(20-18-47)36-21-28(7-12-42-36)38-33-23-30(51(56)57)2-4-34(33)44-45-38/h1-4,7,12,21-23,26-27,35H,5-6,8-11,13-20,24-25H2,(H,44,45)(H,43,52,53). The Kier molecular flexibility index (Phi) is 9.90. The minimum atomic E-state index is -0.960. The molecule has 7 heterocycles. The monoisotopic (exact) mass is 774 g/mol. The van der Waals surface area contributed by atoms with Gasteiger partial charge in [-0.15, -0.1) is 0 Å². The summed E-state index contributed by atoms with van der Waals surface area (Å²) in [5, 5.41) is 21.8. The van der Waals surface area contributed by atoms with E-state index in [1.54, 1.807) is 30.5 Å². The van der Waals surface area contributed by atoms with Crippen molar-refractivity contribution in [2.75, 3.05) is 75.2 Å². The first kappa shape index (κ1) is 36.9. The maximum Gasteiger partial charge on any atom is 0.270 e. The lowest BCUT2D eigenvalue weighted by molar-refractivity contribution is -0.384. The van der Waals surface area contributed by atoms with E-state index in [4.69, 9.17) is 0 Å². The van der Waals surface area contributed by atoms with Gasteiger partial charge in [0, 0.05) is 93.7 Å². The number of piperazine rings is 1. The highest BCUT2D eigenvalue weighted by Crippen LogP contribution is 2.34. The summed E-state index contributed by atoms with van der Waals surface area (Å²) >= 11 is 0. The number of nitro groups is 1. The van der Waals surface area contributed by atoms with Crippen molar-refractivity contribution in [3.63, 3.8) is 0 Å². The number of hydrogen-bond donors (Lipinski definition) is 2. The zero-order valence-corrected chi connectivity index (χ0v) is 31.8. The predicted octanol–water partition coefficient (Wildman–Crippen LogP) is 3.68. The van der Waals surface area contributed by atoms with Gasteiger partial charge < -0.3 is 14.7 Å². The van der Waals surface area contributed by atoms with Gasteiger partial charge in [-0.1, -0.05) is 0 Å². The first-order chi connectivity index (χ1) is 27.7. The van der Waals surface area contributed by atoms with Gasteiger partial charge in [0.05, 0.1) is 21.6 Å². The van der Waals surface area contributed by atoms with Gasteiger partial charge in [-0.3, -0.25) is 49.5 Å². The highest BCUT2D eigenvalue weighted by Gasteiger charge is 2.45. The number of amides is 4. The third-order valence-electron chi connectivity index (χ3n) is 12.6. The van der Waals surface area contributed by atoms with Crippen LogP contribution in [0.15, 0.2) is 54.7 Å². The van der Waals surface area contributed by atoms with Crippen LogP contribution in [0.4, 0.5) is 17.2 Å². The van der Waals surface area contributed by atoms with Crippen molar-refractivity contribution < 1.29 is 24.1 Å². The molecule has 4 saturated heterocycles. The average molecular weight is 775 g/mol. The lowest BCUT2D eigenvalue weighted by Crippen LogP contribution is -2.54. The number of hydrogen-bond acceptors (Lipinski definition) is 12. The third-order valence-corrected chi connectivity index (χ3v) is 12.6. The molecular formula is C41H46N10O6. The number of rotatable bonds is 9. The van der Waals surface area contributed by atoms with Gasteiger partial charge in [0.1, 0.15) is 17.6 Å². The van der Waals surface area contributed by atoms with Crippen molar-refractivity contribution in [3.8, 4) is 11.3 Å². The topological polar surface area (TPSA) is 181 Å². The number of benzene rings is 2. The molecule has 0 bridgehead atoms. The molecule has 4 aromatic rings. The van der Waals surface area contributed by atoms with Gasteiger partial charge in [-0.05, 0) is 93.4 Å². The van der Waals surface area contributed by atoms with E-state index in [9.17, 15) is 29.3 Å². The first-order valence-corrected chi connectivity index (χ1v) is 20.1. The molecule has 2 N–H and O–H groups in total. The molecule has 9 rings (SSSR count). The minimum absolute atomic E-state index is 0.0392. The molecule has 16 heteroatoms. The van der Waals surface area contributed by atoms with Crippen molar-refractivity contribution in [1.82, 2.24) is 35.2 Å². The molecule has 16 nitrogen and oxygen atoms in total. The Morgan fingerprint density at radius 1 is 0.737 bits per heavy atom. The molecule has 5 aliphatic rings. The number of nitrogens with zero attached hydrogens (tertiary/aromatic N) is 8. The number of carbonyl (C=O) groups is 4. The van der Waals surface area contributed by atoms with Crippen LogP contribution in [0.3, 0.4) is 0 Å². The van der Waals surface area contributed by atoms with Gasteiger partial charge in [-0.2, -0.15) is 5.10 Å². The molecule has 0 spiro atoms. The average Bonchev–Trinajstić information content (AvgIpc) is 3.76. The van der Waals surface area contributed by atoms with E-state index in [0.717, 1.165) is 111 Å². The molecule has 1 unspecified atom stereocenters. The van der Waals surface area contributed by atoms with Gasteiger partial charge in [-0.25, -0.2) is 4.98 Å². The normalized spacial score (nSPS) is 21.8. The van der Waals surface area contributed by atoms with E-state index >= 15 is 0 Å². The number of nitro benzene ring substituents is 1. The Morgan fingerprint density at radius 3 is 2.16 bits per heavy atom. The van der Waals surface area contributed by atoms with E-state index in [0.29, 0.717) is 28.7 Å². The maximum absolute atomic E-state index is 13.3. The van der Waals surface area contributed by atoms with Crippen LogP contribution in [0.1, 0.15) is 59.2 Å². The van der Waals surface area contributed by atoms with Crippen molar-refractivity contribution >= 4 is 51.7 Å². The Hall–Kier alpha value is -5.74. The lowest BCUT2D eigenvalue weighted by atomic mass is 9.92. The second-order valence-electron chi connectivity index (χ2n) is 16.1. The van der Waals surface area contributed by atoms with E-state index in [-0.39, 0.29) is 29.4 Å². The molecule has 4 amide bonds. The SMILES string of the molecule is O=C1CCC(N2C(=O)c3ccc(N4CCC(CN5CCC(CN6CCN(c7cc(-c8n[nH]c9ccc([N+](=O)[O-])cc89)ccn7)CC6)CC5)CC4)cc3C2=O)C(=O)N1. The van der Waals surface area contributed by atoms with Crippen molar-refractivity contribution in [2.45, 2.75) is 44.6 Å². The number of pyridine rings is 1. The summed E-state index contributed by atoms with van der Waals surface area (Å²) in [6.45, 7) is 9.98. The molecule has 4 fully saturated rings. The van der Waals surface area contributed by atoms with Crippen LogP contribution in [0.5, 0.6) is 0 Å². The number of carbonyl (C=O) groups excluding carboxylic acids is 4. The van der Waals surface area contributed by atoms with E-state index < -0.39 is 23.8 Å². The molecule has 2 aromatic heterocycles. The molecule has 2 aromatic carbocycles. The number of H-pyrrole nitrogens is 1. The summed E-state index contributed by atoms with van der Waals surface area (Å²) in [4.78, 5) is 77.0. The summed E-state index contributed by atoms with van der Waals surface area (Å²) in [7, 11) is 0. The number of nitrogens with one attached hydrogen (secondary N) is 2. The summed E-state index contributed by atoms with van der Waals surface area (Å²) in [6, 6.07) is 13.1. The Bertz CT molecular complexity index is 2240. The molecule has 0 saturated carbocycles. The fourth-order valence-electron chi connectivity index (χ4n) is 9.35. The zero-order valence-electron chi connectivity index (χ0n) is 31.8. The molecule has 296 valence electrons.